The number of allylic oxidation sites excluding steroid dienone is 1. The zero-order valence-electron chi connectivity index (χ0n) is 10.6. The maximum absolute atomic E-state index is 4.00. The first kappa shape index (κ1) is 12.8. The molecule has 1 aromatic heterocycles. The first-order valence-corrected chi connectivity index (χ1v) is 5.99. The van der Waals surface area contributed by atoms with Gasteiger partial charge in [0.05, 0.1) is 0 Å². The Hall–Kier alpha value is -1.31. The fourth-order valence-electron chi connectivity index (χ4n) is 1.89. The third-order valence-corrected chi connectivity index (χ3v) is 2.76. The summed E-state index contributed by atoms with van der Waals surface area (Å²) in [6.45, 7) is 4.33. The Balaban J connectivity index is 2.51. The van der Waals surface area contributed by atoms with E-state index in [2.05, 4.69) is 53.9 Å². The lowest BCUT2D eigenvalue weighted by atomic mass is 10.1. The zero-order chi connectivity index (χ0) is 11.8. The predicted molar refractivity (Wildman–Crippen MR) is 72.1 cm³/mol. The van der Waals surface area contributed by atoms with Crippen molar-refractivity contribution in [1.29, 1.82) is 0 Å². The SMILES string of the molecule is CC=Cc1cccn1C(C)CCCC=NC. The predicted octanol–water partition coefficient (Wildman–Crippen LogP) is 3.95. The van der Waals surface area contributed by atoms with Crippen LogP contribution in [0.25, 0.3) is 6.08 Å². The molecule has 2 nitrogen and oxygen atoms in total. The second-order valence-corrected chi connectivity index (χ2v) is 4.06. The Morgan fingerprint density at radius 3 is 3.00 bits per heavy atom. The van der Waals surface area contributed by atoms with Gasteiger partial charge in [0.2, 0.25) is 0 Å². The molecular weight excluding hydrogens is 196 g/mol. The Labute approximate surface area is 98.7 Å². The van der Waals surface area contributed by atoms with Crippen LogP contribution in [-0.4, -0.2) is 17.8 Å². The maximum atomic E-state index is 4.00. The lowest BCUT2D eigenvalue weighted by molar-refractivity contribution is 0.494. The van der Waals surface area contributed by atoms with Crippen molar-refractivity contribution in [2.75, 3.05) is 7.05 Å². The molecule has 0 radical (unpaired) electrons. The van der Waals surface area contributed by atoms with Crippen LogP contribution in [0.15, 0.2) is 29.4 Å². The summed E-state index contributed by atoms with van der Waals surface area (Å²) in [5, 5.41) is 0. The van der Waals surface area contributed by atoms with Crippen molar-refractivity contribution >= 4 is 12.3 Å². The van der Waals surface area contributed by atoms with E-state index in [9.17, 15) is 0 Å². The van der Waals surface area contributed by atoms with E-state index in [-0.39, 0.29) is 0 Å². The Morgan fingerprint density at radius 1 is 1.50 bits per heavy atom. The first-order valence-electron chi connectivity index (χ1n) is 5.99. The quantitative estimate of drug-likeness (QED) is 0.508. The smallest absolute Gasteiger partial charge is 0.0405 e. The van der Waals surface area contributed by atoms with Crippen LogP contribution < -0.4 is 0 Å². The zero-order valence-corrected chi connectivity index (χ0v) is 10.6. The summed E-state index contributed by atoms with van der Waals surface area (Å²) in [5.41, 5.74) is 1.29. The number of hydrogen-bond donors (Lipinski definition) is 0. The molecule has 0 saturated heterocycles. The van der Waals surface area contributed by atoms with Gasteiger partial charge in [-0.05, 0) is 57.5 Å². The molecule has 16 heavy (non-hydrogen) atoms. The highest BCUT2D eigenvalue weighted by atomic mass is 15.0. The van der Waals surface area contributed by atoms with Crippen molar-refractivity contribution in [2.45, 2.75) is 39.2 Å². The summed E-state index contributed by atoms with van der Waals surface area (Å²) >= 11 is 0. The monoisotopic (exact) mass is 218 g/mol. The van der Waals surface area contributed by atoms with Crippen molar-refractivity contribution < 1.29 is 0 Å². The van der Waals surface area contributed by atoms with Gasteiger partial charge in [-0.1, -0.05) is 6.08 Å². The average Bonchev–Trinajstić information content (AvgIpc) is 2.73. The summed E-state index contributed by atoms with van der Waals surface area (Å²) in [5.74, 6) is 0. The molecule has 1 rings (SSSR count). The van der Waals surface area contributed by atoms with Crippen LogP contribution in [0.2, 0.25) is 0 Å². The minimum Gasteiger partial charge on any atom is -0.345 e. The molecule has 0 saturated carbocycles. The second-order valence-electron chi connectivity index (χ2n) is 4.06. The van der Waals surface area contributed by atoms with Crippen LogP contribution >= 0.6 is 0 Å². The summed E-state index contributed by atoms with van der Waals surface area (Å²) in [7, 11) is 1.83. The standard InChI is InChI=1S/C14H22N2/c1-4-8-14-10-7-12-16(14)13(2)9-5-6-11-15-3/h4,7-8,10-13H,5-6,9H2,1-3H3. The molecule has 1 aromatic rings. The minimum absolute atomic E-state index is 0.562. The molecule has 0 bridgehead atoms. The van der Waals surface area contributed by atoms with Crippen molar-refractivity contribution in [1.82, 2.24) is 4.57 Å². The number of rotatable bonds is 6. The van der Waals surface area contributed by atoms with Crippen LogP contribution in [0.5, 0.6) is 0 Å². The number of aromatic nitrogens is 1. The summed E-state index contributed by atoms with van der Waals surface area (Å²) < 4.78 is 2.34. The van der Waals surface area contributed by atoms with E-state index < -0.39 is 0 Å². The van der Waals surface area contributed by atoms with Crippen LogP contribution in [0.3, 0.4) is 0 Å². The van der Waals surface area contributed by atoms with E-state index in [0.29, 0.717) is 6.04 Å². The van der Waals surface area contributed by atoms with Crippen molar-refractivity contribution in [3.63, 3.8) is 0 Å². The van der Waals surface area contributed by atoms with Gasteiger partial charge in [-0.3, -0.25) is 0 Å². The van der Waals surface area contributed by atoms with Gasteiger partial charge in [0.15, 0.2) is 0 Å². The number of nitrogens with zero attached hydrogens (tertiary/aromatic N) is 2. The minimum atomic E-state index is 0.562. The molecule has 88 valence electrons. The second kappa shape index (κ2) is 7.04. The van der Waals surface area contributed by atoms with Gasteiger partial charge in [-0.25, -0.2) is 0 Å². The van der Waals surface area contributed by atoms with Gasteiger partial charge < -0.3 is 9.56 Å². The van der Waals surface area contributed by atoms with Crippen LogP contribution in [0.1, 0.15) is 44.8 Å². The van der Waals surface area contributed by atoms with Gasteiger partial charge in [0.1, 0.15) is 0 Å². The lowest BCUT2D eigenvalue weighted by Gasteiger charge is -2.15. The highest BCUT2D eigenvalue weighted by molar-refractivity contribution is 5.56. The fourth-order valence-corrected chi connectivity index (χ4v) is 1.89. The maximum Gasteiger partial charge on any atom is 0.0405 e. The summed E-state index contributed by atoms with van der Waals surface area (Å²) in [6, 6.07) is 4.83. The van der Waals surface area contributed by atoms with E-state index in [1.807, 2.05) is 13.3 Å². The highest BCUT2D eigenvalue weighted by Gasteiger charge is 2.05. The van der Waals surface area contributed by atoms with E-state index in [1.54, 1.807) is 0 Å². The van der Waals surface area contributed by atoms with E-state index in [0.717, 1.165) is 6.42 Å². The third kappa shape index (κ3) is 3.69. The van der Waals surface area contributed by atoms with Crippen LogP contribution in [0.4, 0.5) is 0 Å². The fraction of sp³-hybridized carbons (Fsp3) is 0.500. The summed E-state index contributed by atoms with van der Waals surface area (Å²) in [6.07, 6.45) is 11.9. The van der Waals surface area contributed by atoms with Crippen molar-refractivity contribution in [3.8, 4) is 0 Å². The molecule has 1 atom stereocenters. The molecule has 0 aliphatic carbocycles. The lowest BCUT2D eigenvalue weighted by Crippen LogP contribution is -2.05. The summed E-state index contributed by atoms with van der Waals surface area (Å²) in [4.78, 5) is 4.00. The molecule has 0 aliphatic rings. The number of unbranched alkanes of at least 4 members (excludes halogenated alkanes) is 1. The normalized spacial score (nSPS) is 13.9. The van der Waals surface area contributed by atoms with Crippen LogP contribution in [0, 0.1) is 0 Å². The number of aliphatic imine (C=N–C) groups is 1. The van der Waals surface area contributed by atoms with Crippen molar-refractivity contribution in [3.05, 3.63) is 30.1 Å². The molecule has 1 heterocycles. The molecule has 0 N–H and O–H groups in total. The first-order chi connectivity index (χ1) is 7.79. The third-order valence-electron chi connectivity index (χ3n) is 2.76. The number of hydrogen-bond acceptors (Lipinski definition) is 1. The van der Waals surface area contributed by atoms with Crippen LogP contribution in [-0.2, 0) is 0 Å². The van der Waals surface area contributed by atoms with Gasteiger partial charge in [0, 0.05) is 25.0 Å². The molecule has 0 amide bonds. The molecular formula is C14H22N2. The topological polar surface area (TPSA) is 17.3 Å². The molecule has 2 heteroatoms. The molecule has 0 aromatic carbocycles. The molecule has 0 spiro atoms. The van der Waals surface area contributed by atoms with Gasteiger partial charge in [0.25, 0.3) is 0 Å². The highest BCUT2D eigenvalue weighted by Crippen LogP contribution is 2.18. The largest absolute Gasteiger partial charge is 0.345 e. The Bertz CT molecular complexity index is 347. The van der Waals surface area contributed by atoms with E-state index >= 15 is 0 Å². The van der Waals surface area contributed by atoms with E-state index in [4.69, 9.17) is 0 Å². The molecule has 0 aliphatic heterocycles. The molecule has 0 fully saturated rings. The van der Waals surface area contributed by atoms with Gasteiger partial charge in [-0.2, -0.15) is 0 Å². The van der Waals surface area contributed by atoms with Crippen molar-refractivity contribution in [2.24, 2.45) is 4.99 Å². The average molecular weight is 218 g/mol. The van der Waals surface area contributed by atoms with Gasteiger partial charge in [-0.15, -0.1) is 0 Å². The molecule has 1 unspecified atom stereocenters. The Morgan fingerprint density at radius 2 is 2.31 bits per heavy atom. The van der Waals surface area contributed by atoms with E-state index in [1.165, 1.54) is 18.5 Å². The Kier molecular flexibility index (Phi) is 5.62. The van der Waals surface area contributed by atoms with Gasteiger partial charge >= 0.3 is 0 Å².